The molecule has 0 saturated heterocycles. The van der Waals surface area contributed by atoms with Crippen LogP contribution in [0.5, 0.6) is 11.5 Å². The first-order valence-corrected chi connectivity index (χ1v) is 7.36. The summed E-state index contributed by atoms with van der Waals surface area (Å²) in [5, 5.41) is 3.05. The van der Waals surface area contributed by atoms with Gasteiger partial charge in [0.15, 0.2) is 18.1 Å². The fraction of sp³-hybridized carbons (Fsp3) is 0.467. The number of halogens is 1. The third-order valence-corrected chi connectivity index (χ3v) is 3.23. The summed E-state index contributed by atoms with van der Waals surface area (Å²) in [4.78, 5) is 23.0. The van der Waals surface area contributed by atoms with Crippen molar-refractivity contribution in [2.24, 2.45) is 5.73 Å². The Kier molecular flexibility index (Phi) is 6.98. The molecule has 0 fully saturated rings. The van der Waals surface area contributed by atoms with Gasteiger partial charge in [-0.15, -0.1) is 0 Å². The zero-order valence-electron chi connectivity index (χ0n) is 12.9. The smallest absolute Gasteiger partial charge is 0.255 e. The third kappa shape index (κ3) is 5.11. The maximum Gasteiger partial charge on any atom is 0.255 e. The average Bonchev–Trinajstić information content (AvgIpc) is 2.45. The van der Waals surface area contributed by atoms with Gasteiger partial charge in [-0.3, -0.25) is 9.59 Å². The minimum Gasteiger partial charge on any atom is -0.493 e. The van der Waals surface area contributed by atoms with Crippen LogP contribution in [-0.4, -0.2) is 31.6 Å². The van der Waals surface area contributed by atoms with Gasteiger partial charge in [-0.05, 0) is 25.5 Å². The summed E-state index contributed by atoms with van der Waals surface area (Å²) in [6, 6.07) is 3.04. The SMILES string of the molecule is CCC[C@@H](C)NC(=O)c1cc(Cl)c(OCC(N)=O)c(OC)c1. The summed E-state index contributed by atoms with van der Waals surface area (Å²) in [6.07, 6.45) is 1.86. The van der Waals surface area contributed by atoms with Crippen LogP contribution < -0.4 is 20.5 Å². The highest BCUT2D eigenvalue weighted by Gasteiger charge is 2.17. The molecule has 1 atom stereocenters. The number of carbonyl (C=O) groups is 2. The van der Waals surface area contributed by atoms with Gasteiger partial charge >= 0.3 is 0 Å². The fourth-order valence-electron chi connectivity index (χ4n) is 1.95. The zero-order valence-corrected chi connectivity index (χ0v) is 13.7. The second-order valence-corrected chi connectivity index (χ2v) is 5.31. The Morgan fingerprint density at radius 1 is 1.41 bits per heavy atom. The predicted octanol–water partition coefficient (Wildman–Crippen LogP) is 2.13. The molecule has 122 valence electrons. The molecule has 0 aliphatic carbocycles. The minimum absolute atomic E-state index is 0.0630. The van der Waals surface area contributed by atoms with Crippen LogP contribution in [0.15, 0.2) is 12.1 Å². The summed E-state index contributed by atoms with van der Waals surface area (Å²) < 4.78 is 10.4. The molecule has 0 radical (unpaired) electrons. The fourth-order valence-corrected chi connectivity index (χ4v) is 2.21. The number of hydrogen-bond donors (Lipinski definition) is 2. The molecule has 0 heterocycles. The highest BCUT2D eigenvalue weighted by molar-refractivity contribution is 6.32. The van der Waals surface area contributed by atoms with Crippen LogP contribution in [-0.2, 0) is 4.79 Å². The van der Waals surface area contributed by atoms with E-state index < -0.39 is 5.91 Å². The number of rotatable bonds is 8. The van der Waals surface area contributed by atoms with E-state index in [1.165, 1.54) is 19.2 Å². The normalized spacial score (nSPS) is 11.6. The molecule has 22 heavy (non-hydrogen) atoms. The molecule has 1 aromatic rings. The predicted molar refractivity (Wildman–Crippen MR) is 84.5 cm³/mol. The number of nitrogens with one attached hydrogen (secondary N) is 1. The van der Waals surface area contributed by atoms with Gasteiger partial charge in [0.05, 0.1) is 12.1 Å². The highest BCUT2D eigenvalue weighted by Crippen LogP contribution is 2.36. The maximum atomic E-state index is 12.2. The van der Waals surface area contributed by atoms with Crippen molar-refractivity contribution in [2.45, 2.75) is 32.7 Å². The molecule has 3 N–H and O–H groups in total. The van der Waals surface area contributed by atoms with Gasteiger partial charge in [-0.1, -0.05) is 24.9 Å². The molecule has 0 unspecified atom stereocenters. The van der Waals surface area contributed by atoms with Crippen molar-refractivity contribution >= 4 is 23.4 Å². The van der Waals surface area contributed by atoms with E-state index in [2.05, 4.69) is 5.32 Å². The molecule has 0 bridgehead atoms. The topological polar surface area (TPSA) is 90.6 Å². The van der Waals surface area contributed by atoms with Gasteiger partial charge in [-0.25, -0.2) is 0 Å². The third-order valence-electron chi connectivity index (χ3n) is 2.95. The van der Waals surface area contributed by atoms with E-state index in [0.29, 0.717) is 5.56 Å². The average molecular weight is 329 g/mol. The second-order valence-electron chi connectivity index (χ2n) is 4.91. The lowest BCUT2D eigenvalue weighted by Gasteiger charge is -2.15. The number of ether oxygens (including phenoxy) is 2. The van der Waals surface area contributed by atoms with Crippen LogP contribution in [0.1, 0.15) is 37.0 Å². The number of nitrogens with two attached hydrogens (primary N) is 1. The van der Waals surface area contributed by atoms with Gasteiger partial charge in [0.1, 0.15) is 0 Å². The van der Waals surface area contributed by atoms with Crippen molar-refractivity contribution in [2.75, 3.05) is 13.7 Å². The van der Waals surface area contributed by atoms with Crippen LogP contribution in [0.4, 0.5) is 0 Å². The Morgan fingerprint density at radius 3 is 2.64 bits per heavy atom. The quantitative estimate of drug-likeness (QED) is 0.764. The Morgan fingerprint density at radius 2 is 2.09 bits per heavy atom. The highest BCUT2D eigenvalue weighted by atomic mass is 35.5. The van der Waals surface area contributed by atoms with Gasteiger partial charge in [0.25, 0.3) is 11.8 Å². The van der Waals surface area contributed by atoms with Gasteiger partial charge < -0.3 is 20.5 Å². The Labute approximate surface area is 134 Å². The Bertz CT molecular complexity index is 549. The van der Waals surface area contributed by atoms with Gasteiger partial charge in [0.2, 0.25) is 0 Å². The first kappa shape index (κ1) is 18.1. The van der Waals surface area contributed by atoms with E-state index in [1.54, 1.807) is 0 Å². The van der Waals surface area contributed by atoms with Crippen molar-refractivity contribution in [3.05, 3.63) is 22.7 Å². The van der Waals surface area contributed by atoms with Crippen molar-refractivity contribution in [1.29, 1.82) is 0 Å². The number of primary amides is 1. The molecule has 1 rings (SSSR count). The van der Waals surface area contributed by atoms with Crippen LogP contribution in [0.3, 0.4) is 0 Å². The molecule has 2 amide bonds. The summed E-state index contributed by atoms with van der Waals surface area (Å²) in [5.74, 6) is -0.431. The first-order valence-electron chi connectivity index (χ1n) is 6.98. The second kappa shape index (κ2) is 8.48. The number of amides is 2. The number of benzene rings is 1. The van der Waals surface area contributed by atoms with Crippen molar-refractivity contribution in [1.82, 2.24) is 5.32 Å². The summed E-state index contributed by atoms with van der Waals surface area (Å²) >= 11 is 6.10. The van der Waals surface area contributed by atoms with Crippen LogP contribution in [0.2, 0.25) is 5.02 Å². The lowest BCUT2D eigenvalue weighted by molar-refractivity contribution is -0.119. The standard InChI is InChI=1S/C15H21ClN2O4/c1-4-5-9(2)18-15(20)10-6-11(16)14(12(7-10)21-3)22-8-13(17)19/h6-7,9H,4-5,8H2,1-3H3,(H2,17,19)(H,18,20)/t9-/m1/s1. The van der Waals surface area contributed by atoms with Crippen molar-refractivity contribution < 1.29 is 19.1 Å². The number of carbonyl (C=O) groups excluding carboxylic acids is 2. The van der Waals surface area contributed by atoms with E-state index >= 15 is 0 Å². The monoisotopic (exact) mass is 328 g/mol. The van der Waals surface area contributed by atoms with E-state index in [9.17, 15) is 9.59 Å². The molecule has 0 aromatic heterocycles. The first-order chi connectivity index (χ1) is 10.4. The lowest BCUT2D eigenvalue weighted by Crippen LogP contribution is -2.32. The Hall–Kier alpha value is -1.95. The lowest BCUT2D eigenvalue weighted by atomic mass is 10.1. The summed E-state index contributed by atoms with van der Waals surface area (Å²) in [6.45, 7) is 3.66. The minimum atomic E-state index is -0.631. The van der Waals surface area contributed by atoms with Crippen LogP contribution in [0, 0.1) is 0 Å². The largest absolute Gasteiger partial charge is 0.493 e. The molecule has 6 nitrogen and oxygen atoms in total. The van der Waals surface area contributed by atoms with Gasteiger partial charge in [-0.2, -0.15) is 0 Å². The molecular formula is C15H21ClN2O4. The molecule has 1 aromatic carbocycles. The van der Waals surface area contributed by atoms with E-state index in [1.807, 2.05) is 13.8 Å². The van der Waals surface area contributed by atoms with E-state index in [0.717, 1.165) is 12.8 Å². The zero-order chi connectivity index (χ0) is 16.7. The van der Waals surface area contributed by atoms with Crippen LogP contribution in [0.25, 0.3) is 0 Å². The van der Waals surface area contributed by atoms with Gasteiger partial charge in [0, 0.05) is 11.6 Å². The van der Waals surface area contributed by atoms with Crippen LogP contribution >= 0.6 is 11.6 Å². The molecule has 0 saturated carbocycles. The molecule has 0 spiro atoms. The van der Waals surface area contributed by atoms with Crippen molar-refractivity contribution in [3.8, 4) is 11.5 Å². The molecule has 0 aliphatic heterocycles. The van der Waals surface area contributed by atoms with Crippen molar-refractivity contribution in [3.63, 3.8) is 0 Å². The van der Waals surface area contributed by atoms with E-state index in [4.69, 9.17) is 26.8 Å². The van der Waals surface area contributed by atoms with E-state index in [-0.39, 0.29) is 35.1 Å². The number of hydrogen-bond acceptors (Lipinski definition) is 4. The number of methoxy groups -OCH3 is 1. The summed E-state index contributed by atoms with van der Waals surface area (Å²) in [7, 11) is 1.42. The molecule has 0 aliphatic rings. The Balaban J connectivity index is 2.97. The summed E-state index contributed by atoms with van der Waals surface area (Å²) in [5.41, 5.74) is 5.39. The molecular weight excluding hydrogens is 308 g/mol. The maximum absolute atomic E-state index is 12.2. The molecule has 7 heteroatoms.